The van der Waals surface area contributed by atoms with Gasteiger partial charge in [-0.3, -0.25) is 4.79 Å². The zero-order valence-electron chi connectivity index (χ0n) is 14.2. The highest BCUT2D eigenvalue weighted by Crippen LogP contribution is 2.17. The standard InChI is InChI=1S/C19H19N3O3/c1-13-21-18(22-25-13)15-4-3-5-16(12-15)19(23)20-11-10-14-6-8-17(24-2)9-7-14/h3-9,12H,10-11H2,1-2H3,(H,20,23). The van der Waals surface area contributed by atoms with Crippen LogP contribution in [0.25, 0.3) is 11.4 Å². The molecule has 0 saturated heterocycles. The SMILES string of the molecule is COc1ccc(CCNC(=O)c2cccc(-c3noc(C)n3)c2)cc1. The van der Waals surface area contributed by atoms with Crippen molar-refractivity contribution in [2.45, 2.75) is 13.3 Å². The highest BCUT2D eigenvalue weighted by atomic mass is 16.5. The maximum absolute atomic E-state index is 12.3. The third-order valence-electron chi connectivity index (χ3n) is 3.77. The van der Waals surface area contributed by atoms with Crippen LogP contribution in [0.3, 0.4) is 0 Å². The van der Waals surface area contributed by atoms with E-state index in [2.05, 4.69) is 15.5 Å². The van der Waals surface area contributed by atoms with Crippen LogP contribution in [-0.2, 0) is 6.42 Å². The quantitative estimate of drug-likeness (QED) is 0.748. The van der Waals surface area contributed by atoms with Crippen LogP contribution in [-0.4, -0.2) is 29.7 Å². The first-order valence-electron chi connectivity index (χ1n) is 7.97. The van der Waals surface area contributed by atoms with Crippen LogP contribution in [0.4, 0.5) is 0 Å². The average Bonchev–Trinajstić information content (AvgIpc) is 3.09. The Hall–Kier alpha value is -3.15. The first-order chi connectivity index (χ1) is 12.2. The lowest BCUT2D eigenvalue weighted by molar-refractivity contribution is 0.0954. The number of amides is 1. The van der Waals surface area contributed by atoms with Crippen LogP contribution >= 0.6 is 0 Å². The molecule has 0 radical (unpaired) electrons. The number of benzene rings is 2. The summed E-state index contributed by atoms with van der Waals surface area (Å²) in [6.07, 6.45) is 0.749. The van der Waals surface area contributed by atoms with E-state index in [1.165, 1.54) is 0 Å². The van der Waals surface area contributed by atoms with E-state index in [4.69, 9.17) is 9.26 Å². The van der Waals surface area contributed by atoms with E-state index in [0.29, 0.717) is 23.8 Å². The molecular formula is C19H19N3O3. The molecule has 6 nitrogen and oxygen atoms in total. The minimum atomic E-state index is -0.129. The predicted octanol–water partition coefficient (Wildman–Crippen LogP) is 3.03. The van der Waals surface area contributed by atoms with Gasteiger partial charge in [0.1, 0.15) is 5.75 Å². The summed E-state index contributed by atoms with van der Waals surface area (Å²) in [4.78, 5) is 16.5. The van der Waals surface area contributed by atoms with Crippen molar-refractivity contribution in [3.63, 3.8) is 0 Å². The number of carbonyl (C=O) groups is 1. The number of hydrogen-bond donors (Lipinski definition) is 1. The molecule has 3 rings (SSSR count). The predicted molar refractivity (Wildman–Crippen MR) is 93.5 cm³/mol. The van der Waals surface area contributed by atoms with Gasteiger partial charge in [0.15, 0.2) is 0 Å². The van der Waals surface area contributed by atoms with E-state index in [-0.39, 0.29) is 5.91 Å². The topological polar surface area (TPSA) is 77.2 Å². The molecular weight excluding hydrogens is 318 g/mol. The first kappa shape index (κ1) is 16.7. The van der Waals surface area contributed by atoms with Crippen LogP contribution < -0.4 is 10.1 Å². The van der Waals surface area contributed by atoms with Gasteiger partial charge in [-0.05, 0) is 36.2 Å². The lowest BCUT2D eigenvalue weighted by atomic mass is 10.1. The maximum atomic E-state index is 12.3. The third-order valence-corrected chi connectivity index (χ3v) is 3.77. The van der Waals surface area contributed by atoms with Crippen molar-refractivity contribution in [2.75, 3.05) is 13.7 Å². The summed E-state index contributed by atoms with van der Waals surface area (Å²) in [5.41, 5.74) is 2.45. The molecule has 0 unspecified atom stereocenters. The van der Waals surface area contributed by atoms with Crippen molar-refractivity contribution in [1.29, 1.82) is 0 Å². The third kappa shape index (κ3) is 4.23. The fourth-order valence-electron chi connectivity index (χ4n) is 2.43. The fourth-order valence-corrected chi connectivity index (χ4v) is 2.43. The van der Waals surface area contributed by atoms with Gasteiger partial charge in [-0.25, -0.2) is 0 Å². The number of aryl methyl sites for hydroxylation is 1. The highest BCUT2D eigenvalue weighted by Gasteiger charge is 2.10. The Morgan fingerprint density at radius 1 is 1.20 bits per heavy atom. The Bertz CT molecular complexity index is 856. The number of aromatic nitrogens is 2. The number of rotatable bonds is 6. The Kier molecular flexibility index (Phi) is 5.09. The van der Waals surface area contributed by atoms with Gasteiger partial charge in [-0.2, -0.15) is 4.98 Å². The molecule has 6 heteroatoms. The molecule has 0 aliphatic rings. The van der Waals surface area contributed by atoms with Crippen LogP contribution in [0.15, 0.2) is 53.1 Å². The molecule has 0 aliphatic heterocycles. The van der Waals surface area contributed by atoms with E-state index in [0.717, 1.165) is 23.3 Å². The van der Waals surface area contributed by atoms with E-state index >= 15 is 0 Å². The number of hydrogen-bond acceptors (Lipinski definition) is 5. The Morgan fingerprint density at radius 3 is 2.68 bits per heavy atom. The first-order valence-corrected chi connectivity index (χ1v) is 7.97. The largest absolute Gasteiger partial charge is 0.497 e. The molecule has 128 valence electrons. The molecule has 1 aromatic heterocycles. The van der Waals surface area contributed by atoms with Crippen LogP contribution in [0.5, 0.6) is 5.75 Å². The molecule has 0 fully saturated rings. The van der Waals surface area contributed by atoms with Crippen molar-refractivity contribution in [3.8, 4) is 17.1 Å². The van der Waals surface area contributed by atoms with Gasteiger partial charge in [0.05, 0.1) is 7.11 Å². The summed E-state index contributed by atoms with van der Waals surface area (Å²) in [5, 5.41) is 6.80. The van der Waals surface area contributed by atoms with Crippen molar-refractivity contribution in [2.24, 2.45) is 0 Å². The van der Waals surface area contributed by atoms with Crippen LogP contribution in [0, 0.1) is 6.92 Å². The minimum Gasteiger partial charge on any atom is -0.497 e. The summed E-state index contributed by atoms with van der Waals surface area (Å²) >= 11 is 0. The molecule has 3 aromatic rings. The number of ether oxygens (including phenoxy) is 1. The highest BCUT2D eigenvalue weighted by molar-refractivity contribution is 5.95. The number of nitrogens with one attached hydrogen (secondary N) is 1. The fraction of sp³-hybridized carbons (Fsp3) is 0.211. The van der Waals surface area contributed by atoms with E-state index in [9.17, 15) is 4.79 Å². The van der Waals surface area contributed by atoms with Crippen molar-refractivity contribution < 1.29 is 14.1 Å². The second-order valence-electron chi connectivity index (χ2n) is 5.57. The molecule has 0 atom stereocenters. The second kappa shape index (κ2) is 7.61. The maximum Gasteiger partial charge on any atom is 0.251 e. The van der Waals surface area contributed by atoms with E-state index in [1.807, 2.05) is 30.3 Å². The van der Waals surface area contributed by atoms with Crippen LogP contribution in [0.2, 0.25) is 0 Å². The van der Waals surface area contributed by atoms with E-state index in [1.54, 1.807) is 32.2 Å². The van der Waals surface area contributed by atoms with Gasteiger partial charge in [0, 0.05) is 24.6 Å². The van der Waals surface area contributed by atoms with Gasteiger partial charge in [-0.1, -0.05) is 29.4 Å². The normalized spacial score (nSPS) is 10.5. The van der Waals surface area contributed by atoms with E-state index < -0.39 is 0 Å². The number of nitrogens with zero attached hydrogens (tertiary/aromatic N) is 2. The molecule has 1 heterocycles. The molecule has 0 saturated carbocycles. The molecule has 1 amide bonds. The van der Waals surface area contributed by atoms with Gasteiger partial charge in [-0.15, -0.1) is 0 Å². The molecule has 0 bridgehead atoms. The summed E-state index contributed by atoms with van der Waals surface area (Å²) in [6.45, 7) is 2.28. The van der Waals surface area contributed by atoms with Gasteiger partial charge in [0.25, 0.3) is 5.91 Å². The summed E-state index contributed by atoms with van der Waals surface area (Å²) in [6, 6.07) is 15.0. The lowest BCUT2D eigenvalue weighted by Gasteiger charge is -2.07. The second-order valence-corrected chi connectivity index (χ2v) is 5.57. The Labute approximate surface area is 145 Å². The Morgan fingerprint density at radius 2 is 2.00 bits per heavy atom. The molecule has 0 spiro atoms. The monoisotopic (exact) mass is 337 g/mol. The summed E-state index contributed by atoms with van der Waals surface area (Å²) in [7, 11) is 1.64. The zero-order chi connectivity index (χ0) is 17.6. The Balaban J connectivity index is 1.59. The lowest BCUT2D eigenvalue weighted by Crippen LogP contribution is -2.25. The van der Waals surface area contributed by atoms with Gasteiger partial charge in [0.2, 0.25) is 11.7 Å². The number of methoxy groups -OCH3 is 1. The van der Waals surface area contributed by atoms with Gasteiger partial charge >= 0.3 is 0 Å². The summed E-state index contributed by atoms with van der Waals surface area (Å²) < 4.78 is 10.1. The smallest absolute Gasteiger partial charge is 0.251 e. The summed E-state index contributed by atoms with van der Waals surface area (Å²) in [5.74, 6) is 1.66. The van der Waals surface area contributed by atoms with Crippen LogP contribution in [0.1, 0.15) is 21.8 Å². The van der Waals surface area contributed by atoms with Crippen molar-refractivity contribution >= 4 is 5.91 Å². The molecule has 1 N–H and O–H groups in total. The zero-order valence-corrected chi connectivity index (χ0v) is 14.2. The van der Waals surface area contributed by atoms with Crippen molar-refractivity contribution in [1.82, 2.24) is 15.5 Å². The molecule has 2 aromatic carbocycles. The minimum absolute atomic E-state index is 0.129. The molecule has 25 heavy (non-hydrogen) atoms. The number of carbonyl (C=O) groups excluding carboxylic acids is 1. The molecule has 0 aliphatic carbocycles. The van der Waals surface area contributed by atoms with Gasteiger partial charge < -0.3 is 14.6 Å². The van der Waals surface area contributed by atoms with Crippen molar-refractivity contribution in [3.05, 3.63) is 65.5 Å². The average molecular weight is 337 g/mol.